The van der Waals surface area contributed by atoms with Crippen LogP contribution < -0.4 is 4.74 Å². The van der Waals surface area contributed by atoms with Crippen LogP contribution in [0.2, 0.25) is 0 Å². The third kappa shape index (κ3) is 7.19. The Balaban J connectivity index is 1.50. The fourth-order valence-electron chi connectivity index (χ4n) is 3.63. The van der Waals surface area contributed by atoms with Crippen LogP contribution in [0.15, 0.2) is 41.0 Å². The summed E-state index contributed by atoms with van der Waals surface area (Å²) in [6.07, 6.45) is 5.01. The van der Waals surface area contributed by atoms with Crippen LogP contribution >= 0.6 is 15.9 Å². The molecule has 2 aromatic rings. The Labute approximate surface area is 209 Å². The molecule has 0 unspecified atom stereocenters. The van der Waals surface area contributed by atoms with Gasteiger partial charge in [-0.2, -0.15) is 0 Å². The maximum absolute atomic E-state index is 12.4. The second-order valence-electron chi connectivity index (χ2n) is 9.07. The fraction of sp³-hybridized carbons (Fsp3) is 0.500. The third-order valence-corrected chi connectivity index (χ3v) is 6.67. The van der Waals surface area contributed by atoms with Gasteiger partial charge in [0.2, 0.25) is 0 Å². The van der Waals surface area contributed by atoms with Crippen molar-refractivity contribution in [1.82, 2.24) is 9.88 Å². The number of halogens is 1. The SMILES string of the molecule is CCOC(=O)c1ccc(Oc2ccc(CC3CCN(C(=O)OC(C)(C)CC)CC3)nc2)c(Br)c1. The van der Waals surface area contributed by atoms with E-state index in [-0.39, 0.29) is 12.1 Å². The average Bonchev–Trinajstić information content (AvgIpc) is 2.82. The fourth-order valence-corrected chi connectivity index (χ4v) is 4.09. The monoisotopic (exact) mass is 532 g/mol. The van der Waals surface area contributed by atoms with Crippen molar-refractivity contribution < 1.29 is 23.8 Å². The molecule has 0 N–H and O–H groups in total. The summed E-state index contributed by atoms with van der Waals surface area (Å²) in [6, 6.07) is 8.95. The molecule has 3 rings (SSSR count). The molecule has 1 fully saturated rings. The second kappa shape index (κ2) is 11.7. The number of rotatable bonds is 8. The maximum atomic E-state index is 12.4. The lowest BCUT2D eigenvalue weighted by Gasteiger charge is -2.34. The molecular formula is C26H33BrN2O5. The zero-order valence-corrected chi connectivity index (χ0v) is 21.9. The maximum Gasteiger partial charge on any atom is 0.410 e. The van der Waals surface area contributed by atoms with Crippen LogP contribution in [0.1, 0.15) is 63.0 Å². The molecule has 0 atom stereocenters. The number of pyridine rings is 1. The van der Waals surface area contributed by atoms with Crippen molar-refractivity contribution in [2.45, 2.75) is 59.0 Å². The molecule has 1 aliphatic rings. The van der Waals surface area contributed by atoms with Gasteiger partial charge in [0, 0.05) is 18.8 Å². The van der Waals surface area contributed by atoms with Crippen LogP contribution in [-0.2, 0) is 15.9 Å². The normalized spacial score (nSPS) is 14.6. The Morgan fingerprint density at radius 3 is 2.47 bits per heavy atom. The Bertz CT molecular complexity index is 985. The first-order valence-corrected chi connectivity index (χ1v) is 12.6. The summed E-state index contributed by atoms with van der Waals surface area (Å²) < 4.78 is 17.2. The highest BCUT2D eigenvalue weighted by Gasteiger charge is 2.28. The molecule has 0 saturated carbocycles. The molecule has 184 valence electrons. The lowest BCUT2D eigenvalue weighted by Crippen LogP contribution is -2.42. The van der Waals surface area contributed by atoms with Crippen LogP contribution in [0.4, 0.5) is 4.79 Å². The van der Waals surface area contributed by atoms with Gasteiger partial charge in [0.25, 0.3) is 0 Å². The van der Waals surface area contributed by atoms with Gasteiger partial charge in [-0.05, 0) is 98.6 Å². The van der Waals surface area contributed by atoms with Crippen LogP contribution in [0.5, 0.6) is 11.5 Å². The van der Waals surface area contributed by atoms with E-state index in [1.54, 1.807) is 31.3 Å². The van der Waals surface area contributed by atoms with E-state index >= 15 is 0 Å². The zero-order chi connectivity index (χ0) is 24.7. The third-order valence-electron chi connectivity index (χ3n) is 6.05. The summed E-state index contributed by atoms with van der Waals surface area (Å²) in [5, 5.41) is 0. The number of piperidine rings is 1. The number of likely N-dealkylation sites (tertiary alicyclic amines) is 1. The molecule has 0 aliphatic carbocycles. The first-order chi connectivity index (χ1) is 16.2. The first-order valence-electron chi connectivity index (χ1n) is 11.8. The van der Waals surface area contributed by atoms with Gasteiger partial charge in [0.1, 0.15) is 17.1 Å². The van der Waals surface area contributed by atoms with Crippen molar-refractivity contribution in [3.05, 3.63) is 52.3 Å². The van der Waals surface area contributed by atoms with E-state index in [2.05, 4.69) is 20.9 Å². The minimum Gasteiger partial charge on any atom is -0.462 e. The molecule has 0 radical (unpaired) electrons. The number of hydrogen-bond acceptors (Lipinski definition) is 6. The molecule has 7 nitrogen and oxygen atoms in total. The van der Waals surface area contributed by atoms with Crippen LogP contribution in [0.3, 0.4) is 0 Å². The standard InChI is InChI=1S/C26H33BrN2O5/c1-5-26(3,4)34-25(31)29-13-11-18(12-14-29)15-20-8-9-21(17-28-20)33-23-10-7-19(16-22(23)27)24(30)32-6-2/h7-10,16-18H,5-6,11-15H2,1-4H3. The van der Waals surface area contributed by atoms with E-state index in [0.717, 1.165) is 31.4 Å². The van der Waals surface area contributed by atoms with E-state index in [9.17, 15) is 9.59 Å². The predicted octanol–water partition coefficient (Wildman–Crippen LogP) is 6.39. The predicted molar refractivity (Wildman–Crippen MR) is 133 cm³/mol. The van der Waals surface area contributed by atoms with Crippen LogP contribution in [0.25, 0.3) is 0 Å². The summed E-state index contributed by atoms with van der Waals surface area (Å²) in [6.45, 7) is 9.41. The van der Waals surface area contributed by atoms with Gasteiger partial charge in [0.05, 0.1) is 22.8 Å². The van der Waals surface area contributed by atoms with E-state index in [1.807, 2.05) is 37.8 Å². The highest BCUT2D eigenvalue weighted by atomic mass is 79.9. The Morgan fingerprint density at radius 2 is 1.88 bits per heavy atom. The van der Waals surface area contributed by atoms with Gasteiger partial charge in [-0.3, -0.25) is 4.98 Å². The molecule has 0 bridgehead atoms. The minimum atomic E-state index is -0.430. The minimum absolute atomic E-state index is 0.216. The van der Waals surface area contributed by atoms with E-state index in [4.69, 9.17) is 14.2 Å². The number of aromatic nitrogens is 1. The lowest BCUT2D eigenvalue weighted by molar-refractivity contribution is 0.00573. The molecule has 8 heteroatoms. The van der Waals surface area contributed by atoms with Crippen molar-refractivity contribution >= 4 is 28.0 Å². The Hall–Kier alpha value is -2.61. The summed E-state index contributed by atoms with van der Waals surface area (Å²) in [5.74, 6) is 1.32. The first kappa shape index (κ1) is 26.0. The van der Waals surface area contributed by atoms with E-state index in [1.165, 1.54) is 0 Å². The number of carbonyl (C=O) groups is 2. The molecule has 1 amide bonds. The highest BCUT2D eigenvalue weighted by Crippen LogP contribution is 2.31. The van der Waals surface area contributed by atoms with Crippen molar-refractivity contribution in [3.8, 4) is 11.5 Å². The number of hydrogen-bond donors (Lipinski definition) is 0. The largest absolute Gasteiger partial charge is 0.462 e. The number of ether oxygens (including phenoxy) is 3. The van der Waals surface area contributed by atoms with Gasteiger partial charge in [-0.1, -0.05) is 6.92 Å². The molecule has 1 saturated heterocycles. The summed E-state index contributed by atoms with van der Waals surface area (Å²) in [4.78, 5) is 30.6. The van der Waals surface area contributed by atoms with Crippen molar-refractivity contribution in [3.63, 3.8) is 0 Å². The molecule has 34 heavy (non-hydrogen) atoms. The molecule has 1 aromatic heterocycles. The number of esters is 1. The summed E-state index contributed by atoms with van der Waals surface area (Å²) >= 11 is 3.45. The summed E-state index contributed by atoms with van der Waals surface area (Å²) in [7, 11) is 0. The lowest BCUT2D eigenvalue weighted by atomic mass is 9.92. The summed E-state index contributed by atoms with van der Waals surface area (Å²) in [5.41, 5.74) is 1.03. The average molecular weight is 533 g/mol. The number of amides is 1. The molecule has 1 aliphatic heterocycles. The quantitative estimate of drug-likeness (QED) is 0.366. The smallest absolute Gasteiger partial charge is 0.410 e. The van der Waals surface area contributed by atoms with Gasteiger partial charge in [-0.25, -0.2) is 9.59 Å². The van der Waals surface area contributed by atoms with Crippen molar-refractivity contribution in [1.29, 1.82) is 0 Å². The topological polar surface area (TPSA) is 78.0 Å². The highest BCUT2D eigenvalue weighted by molar-refractivity contribution is 9.10. The van der Waals surface area contributed by atoms with Crippen molar-refractivity contribution in [2.24, 2.45) is 5.92 Å². The second-order valence-corrected chi connectivity index (χ2v) is 9.92. The number of benzene rings is 1. The number of nitrogens with zero attached hydrogens (tertiary/aromatic N) is 2. The van der Waals surface area contributed by atoms with E-state index < -0.39 is 5.60 Å². The number of carbonyl (C=O) groups excluding carboxylic acids is 2. The van der Waals surface area contributed by atoms with Crippen molar-refractivity contribution in [2.75, 3.05) is 19.7 Å². The molecule has 2 heterocycles. The Morgan fingerprint density at radius 1 is 1.15 bits per heavy atom. The molecular weight excluding hydrogens is 500 g/mol. The molecule has 0 spiro atoms. The van der Waals surface area contributed by atoms with Gasteiger partial charge < -0.3 is 19.1 Å². The zero-order valence-electron chi connectivity index (χ0n) is 20.3. The molecule has 1 aromatic carbocycles. The van der Waals surface area contributed by atoms with Crippen LogP contribution in [0, 0.1) is 5.92 Å². The van der Waals surface area contributed by atoms with E-state index in [0.29, 0.717) is 47.1 Å². The van der Waals surface area contributed by atoms with Gasteiger partial charge in [-0.15, -0.1) is 0 Å². The van der Waals surface area contributed by atoms with Gasteiger partial charge >= 0.3 is 12.1 Å². The van der Waals surface area contributed by atoms with Crippen LogP contribution in [-0.4, -0.2) is 47.2 Å². The van der Waals surface area contributed by atoms with Gasteiger partial charge in [0.15, 0.2) is 0 Å². The Kier molecular flexibility index (Phi) is 8.94.